The first-order chi connectivity index (χ1) is 12.5. The van der Waals surface area contributed by atoms with E-state index in [-0.39, 0.29) is 11.5 Å². The molecule has 1 unspecified atom stereocenters. The number of nitrogens with zero attached hydrogens (tertiary/aromatic N) is 4. The van der Waals surface area contributed by atoms with E-state index in [4.69, 9.17) is 0 Å². The number of rotatable bonds is 4. The Hall–Kier alpha value is -2.21. The Balaban J connectivity index is 1.59. The summed E-state index contributed by atoms with van der Waals surface area (Å²) in [6.07, 6.45) is 3.01. The second-order valence-corrected chi connectivity index (χ2v) is 7.92. The number of amides is 1. The van der Waals surface area contributed by atoms with Crippen molar-refractivity contribution >= 4 is 5.91 Å². The second-order valence-electron chi connectivity index (χ2n) is 7.92. The van der Waals surface area contributed by atoms with Crippen molar-refractivity contribution in [3.8, 4) is 0 Å². The van der Waals surface area contributed by atoms with Crippen molar-refractivity contribution in [3.63, 3.8) is 0 Å². The second kappa shape index (κ2) is 6.83. The van der Waals surface area contributed by atoms with Gasteiger partial charge in [-0.05, 0) is 31.7 Å². The summed E-state index contributed by atoms with van der Waals surface area (Å²) < 4.78 is 0. The lowest BCUT2D eigenvalue weighted by molar-refractivity contribution is -0.136. The van der Waals surface area contributed by atoms with E-state index >= 15 is 0 Å². The molecule has 2 aliphatic rings. The highest BCUT2D eigenvalue weighted by Crippen LogP contribution is 2.47. The highest BCUT2D eigenvalue weighted by Gasteiger charge is 2.48. The Morgan fingerprint density at radius 3 is 2.69 bits per heavy atom. The van der Waals surface area contributed by atoms with Crippen LogP contribution in [0.4, 0.5) is 0 Å². The average Bonchev–Trinajstić information content (AvgIpc) is 3.31. The number of nitrogens with one attached hydrogen (secondary N) is 1. The predicted octanol–water partition coefficient (Wildman–Crippen LogP) is 2.69. The monoisotopic (exact) mass is 353 g/mol. The molecule has 0 radical (unpaired) electrons. The number of aryl methyl sites for hydroxylation is 1. The van der Waals surface area contributed by atoms with Gasteiger partial charge in [0.15, 0.2) is 5.82 Å². The van der Waals surface area contributed by atoms with Crippen LogP contribution in [0.3, 0.4) is 0 Å². The fraction of sp³-hybridized carbons (Fsp3) is 0.550. The molecule has 1 aromatic heterocycles. The summed E-state index contributed by atoms with van der Waals surface area (Å²) in [7, 11) is 0. The minimum atomic E-state index is -0.131. The van der Waals surface area contributed by atoms with Gasteiger partial charge in [-0.3, -0.25) is 14.8 Å². The van der Waals surface area contributed by atoms with Gasteiger partial charge in [0, 0.05) is 31.6 Å². The zero-order valence-corrected chi connectivity index (χ0v) is 15.6. The Kier molecular flexibility index (Phi) is 4.53. The highest BCUT2D eigenvalue weighted by molar-refractivity contribution is 5.85. The van der Waals surface area contributed by atoms with Gasteiger partial charge in [-0.2, -0.15) is 5.10 Å². The van der Waals surface area contributed by atoms with Gasteiger partial charge in [-0.15, -0.1) is 0 Å². The molecule has 2 aromatic rings. The lowest BCUT2D eigenvalue weighted by Crippen LogP contribution is -2.40. The topological polar surface area (TPSA) is 65.1 Å². The van der Waals surface area contributed by atoms with E-state index in [0.29, 0.717) is 12.5 Å². The van der Waals surface area contributed by atoms with E-state index in [1.165, 1.54) is 5.56 Å². The maximum Gasteiger partial charge on any atom is 0.228 e. The van der Waals surface area contributed by atoms with E-state index in [1.807, 2.05) is 17.9 Å². The Labute approximate surface area is 154 Å². The van der Waals surface area contributed by atoms with Gasteiger partial charge in [0.1, 0.15) is 5.82 Å². The number of hydrogen-bond acceptors (Lipinski definition) is 4. The Bertz CT molecular complexity index is 768. The molecule has 4 rings (SSSR count). The van der Waals surface area contributed by atoms with E-state index < -0.39 is 0 Å². The number of carbonyl (C=O) groups excluding carboxylic acids is 1. The van der Waals surface area contributed by atoms with Crippen LogP contribution in [0.1, 0.15) is 49.4 Å². The summed E-state index contributed by atoms with van der Waals surface area (Å²) in [6, 6.07) is 10.5. The third-order valence-corrected chi connectivity index (χ3v) is 5.65. The van der Waals surface area contributed by atoms with Crippen LogP contribution < -0.4 is 0 Å². The summed E-state index contributed by atoms with van der Waals surface area (Å²) in [6.45, 7) is 7.28. The first-order valence-corrected chi connectivity index (χ1v) is 9.51. The molecule has 1 atom stereocenters. The zero-order chi connectivity index (χ0) is 18.1. The molecule has 1 aliphatic carbocycles. The molecular formula is C20H27N5O. The van der Waals surface area contributed by atoms with Gasteiger partial charge in [-0.25, -0.2) is 4.98 Å². The predicted molar refractivity (Wildman–Crippen MR) is 99.3 cm³/mol. The van der Waals surface area contributed by atoms with Gasteiger partial charge >= 0.3 is 0 Å². The summed E-state index contributed by atoms with van der Waals surface area (Å²) >= 11 is 0. The van der Waals surface area contributed by atoms with Crippen LogP contribution in [-0.2, 0) is 11.3 Å². The van der Waals surface area contributed by atoms with E-state index in [1.54, 1.807) is 0 Å². The lowest BCUT2D eigenvalue weighted by Gasteiger charge is -2.31. The molecule has 2 heterocycles. The molecule has 26 heavy (non-hydrogen) atoms. The first kappa shape index (κ1) is 17.2. The van der Waals surface area contributed by atoms with Crippen molar-refractivity contribution in [2.24, 2.45) is 5.41 Å². The Morgan fingerprint density at radius 1 is 1.27 bits per heavy atom. The third-order valence-electron chi connectivity index (χ3n) is 5.65. The zero-order valence-electron chi connectivity index (χ0n) is 15.6. The van der Waals surface area contributed by atoms with Crippen LogP contribution >= 0.6 is 0 Å². The van der Waals surface area contributed by atoms with Crippen LogP contribution in [0, 0.1) is 12.3 Å². The van der Waals surface area contributed by atoms with E-state index in [2.05, 4.69) is 51.3 Å². The van der Waals surface area contributed by atoms with Crippen molar-refractivity contribution in [1.29, 1.82) is 0 Å². The molecule has 0 spiro atoms. The summed E-state index contributed by atoms with van der Waals surface area (Å²) in [4.78, 5) is 22.0. The molecule has 0 bridgehead atoms. The standard InChI is InChI=1S/C20H27N5O/c1-15-21-18(23-22-15)17-14-25(19(26)20(2)9-10-20)12-6-11-24(17)13-16-7-4-3-5-8-16/h3-5,7-8,17H,6,9-14H2,1-2H3,(H,21,22,23). The van der Waals surface area contributed by atoms with E-state index in [9.17, 15) is 4.79 Å². The first-order valence-electron chi connectivity index (χ1n) is 9.51. The van der Waals surface area contributed by atoms with Crippen LogP contribution in [0.25, 0.3) is 0 Å². The summed E-state index contributed by atoms with van der Waals surface area (Å²) in [5.41, 5.74) is 1.15. The number of aromatic amines is 1. The summed E-state index contributed by atoms with van der Waals surface area (Å²) in [5, 5.41) is 7.39. The maximum absolute atomic E-state index is 12.9. The molecule has 6 heteroatoms. The third kappa shape index (κ3) is 3.51. The number of benzene rings is 1. The molecule has 6 nitrogen and oxygen atoms in total. The van der Waals surface area contributed by atoms with Crippen LogP contribution in [-0.4, -0.2) is 50.5 Å². The molecule has 2 fully saturated rings. The number of aromatic nitrogens is 3. The van der Waals surface area contributed by atoms with Gasteiger partial charge in [0.2, 0.25) is 5.91 Å². The molecule has 138 valence electrons. The number of carbonyl (C=O) groups is 1. The van der Waals surface area contributed by atoms with Gasteiger partial charge in [-0.1, -0.05) is 37.3 Å². The van der Waals surface area contributed by atoms with E-state index in [0.717, 1.165) is 50.5 Å². The number of hydrogen-bond donors (Lipinski definition) is 1. The Morgan fingerprint density at radius 2 is 2.04 bits per heavy atom. The minimum absolute atomic E-state index is 0.0222. The van der Waals surface area contributed by atoms with Crippen molar-refractivity contribution in [2.45, 2.75) is 45.7 Å². The fourth-order valence-electron chi connectivity index (χ4n) is 3.76. The normalized spacial score (nSPS) is 22.8. The minimum Gasteiger partial charge on any atom is -0.340 e. The summed E-state index contributed by atoms with van der Waals surface area (Å²) in [5.74, 6) is 1.91. The van der Waals surface area contributed by atoms with Crippen molar-refractivity contribution < 1.29 is 4.79 Å². The fourth-order valence-corrected chi connectivity index (χ4v) is 3.76. The van der Waals surface area contributed by atoms with Crippen LogP contribution in [0.2, 0.25) is 0 Å². The quantitative estimate of drug-likeness (QED) is 0.918. The average molecular weight is 353 g/mol. The molecule has 1 amide bonds. The van der Waals surface area contributed by atoms with Crippen molar-refractivity contribution in [3.05, 3.63) is 47.5 Å². The molecule has 1 aliphatic heterocycles. The highest BCUT2D eigenvalue weighted by atomic mass is 16.2. The number of H-pyrrole nitrogens is 1. The van der Waals surface area contributed by atoms with Gasteiger partial charge in [0.25, 0.3) is 0 Å². The molecule has 1 saturated heterocycles. The molecule has 1 aromatic carbocycles. The van der Waals surface area contributed by atoms with Crippen molar-refractivity contribution in [2.75, 3.05) is 19.6 Å². The van der Waals surface area contributed by atoms with Crippen LogP contribution in [0.15, 0.2) is 30.3 Å². The van der Waals surface area contributed by atoms with Gasteiger partial charge in [0.05, 0.1) is 6.04 Å². The van der Waals surface area contributed by atoms with Crippen molar-refractivity contribution in [1.82, 2.24) is 25.0 Å². The molecular weight excluding hydrogens is 326 g/mol. The SMILES string of the molecule is Cc1nc(C2CN(C(=O)C3(C)CC3)CCCN2Cc2ccccc2)n[nH]1. The smallest absolute Gasteiger partial charge is 0.228 e. The molecule has 1 N–H and O–H groups in total. The lowest BCUT2D eigenvalue weighted by atomic mass is 10.1. The molecule has 1 saturated carbocycles. The van der Waals surface area contributed by atoms with Crippen LogP contribution in [0.5, 0.6) is 0 Å². The van der Waals surface area contributed by atoms with Gasteiger partial charge < -0.3 is 4.90 Å². The maximum atomic E-state index is 12.9. The largest absolute Gasteiger partial charge is 0.340 e.